The molecule has 0 fully saturated rings. The first-order chi connectivity index (χ1) is 6.47. The number of hydrogen-bond donors (Lipinski definition) is 1. The molecule has 0 saturated heterocycles. The van der Waals surface area contributed by atoms with Gasteiger partial charge in [0.25, 0.3) is 0 Å². The number of pyridine rings is 1. The van der Waals surface area contributed by atoms with E-state index in [-0.39, 0.29) is 4.90 Å². The van der Waals surface area contributed by atoms with Gasteiger partial charge in [0.05, 0.1) is 5.69 Å². The van der Waals surface area contributed by atoms with Crippen molar-refractivity contribution >= 4 is 10.0 Å². The molecule has 5 heteroatoms. The van der Waals surface area contributed by atoms with E-state index >= 15 is 0 Å². The molecule has 0 atom stereocenters. The van der Waals surface area contributed by atoms with Gasteiger partial charge in [0.1, 0.15) is 4.90 Å². The van der Waals surface area contributed by atoms with Crippen LogP contribution in [0.4, 0.5) is 0 Å². The topological polar surface area (TPSA) is 59.1 Å². The van der Waals surface area contributed by atoms with E-state index in [2.05, 4.69) is 9.71 Å². The van der Waals surface area contributed by atoms with Gasteiger partial charge in [-0.3, -0.25) is 4.98 Å². The molecule has 0 radical (unpaired) electrons. The van der Waals surface area contributed by atoms with Crippen molar-refractivity contribution in [1.29, 1.82) is 0 Å². The number of hydrogen-bond acceptors (Lipinski definition) is 3. The maximum absolute atomic E-state index is 11.6. The van der Waals surface area contributed by atoms with Gasteiger partial charge in [-0.25, -0.2) is 13.1 Å². The van der Waals surface area contributed by atoms with Crippen LogP contribution in [0, 0.1) is 13.8 Å². The summed E-state index contributed by atoms with van der Waals surface area (Å²) in [6, 6.07) is 3.27. The third-order valence-corrected chi connectivity index (χ3v) is 3.48. The van der Waals surface area contributed by atoms with Gasteiger partial charge in [-0.1, -0.05) is 6.92 Å². The number of nitrogens with zero attached hydrogens (tertiary/aromatic N) is 1. The number of nitrogens with one attached hydrogen (secondary N) is 1. The van der Waals surface area contributed by atoms with Gasteiger partial charge in [-0.15, -0.1) is 0 Å². The lowest BCUT2D eigenvalue weighted by Gasteiger charge is -2.07. The molecule has 0 aromatic carbocycles. The van der Waals surface area contributed by atoms with E-state index in [0.29, 0.717) is 12.2 Å². The summed E-state index contributed by atoms with van der Waals surface area (Å²) in [5.41, 5.74) is 1.35. The van der Waals surface area contributed by atoms with Crippen molar-refractivity contribution in [3.63, 3.8) is 0 Å². The Kier molecular flexibility index (Phi) is 3.23. The quantitative estimate of drug-likeness (QED) is 0.816. The lowest BCUT2D eigenvalue weighted by atomic mass is 10.3. The zero-order valence-electron chi connectivity index (χ0n) is 8.53. The molecular formula is C9H14N2O2S. The molecule has 0 spiro atoms. The molecule has 0 aliphatic rings. The van der Waals surface area contributed by atoms with Crippen molar-refractivity contribution in [3.8, 4) is 0 Å². The molecule has 0 bridgehead atoms. The first kappa shape index (κ1) is 11.1. The highest BCUT2D eigenvalue weighted by molar-refractivity contribution is 7.89. The normalized spacial score (nSPS) is 11.6. The highest BCUT2D eigenvalue weighted by Crippen LogP contribution is 2.12. The van der Waals surface area contributed by atoms with Crippen LogP contribution in [0.3, 0.4) is 0 Å². The van der Waals surface area contributed by atoms with Crippen LogP contribution >= 0.6 is 0 Å². The number of aryl methyl sites for hydroxylation is 2. The molecule has 4 nitrogen and oxygen atoms in total. The average Bonchev–Trinajstić information content (AvgIpc) is 2.02. The average molecular weight is 214 g/mol. The van der Waals surface area contributed by atoms with E-state index in [9.17, 15) is 8.42 Å². The van der Waals surface area contributed by atoms with Gasteiger partial charge >= 0.3 is 0 Å². The second-order valence-electron chi connectivity index (χ2n) is 3.04. The van der Waals surface area contributed by atoms with Crippen molar-refractivity contribution in [3.05, 3.63) is 23.5 Å². The lowest BCUT2D eigenvalue weighted by Crippen LogP contribution is -2.24. The molecular weight excluding hydrogens is 200 g/mol. The van der Waals surface area contributed by atoms with Crippen molar-refractivity contribution in [2.45, 2.75) is 25.7 Å². The fourth-order valence-electron chi connectivity index (χ4n) is 1.23. The van der Waals surface area contributed by atoms with Gasteiger partial charge < -0.3 is 0 Å². The predicted octanol–water partition coefficient (Wildman–Crippen LogP) is 0.997. The Morgan fingerprint density at radius 3 is 2.50 bits per heavy atom. The van der Waals surface area contributed by atoms with Gasteiger partial charge in [-0.05, 0) is 26.0 Å². The second-order valence-corrected chi connectivity index (χ2v) is 4.77. The Bertz CT molecular complexity index is 426. The molecule has 1 heterocycles. The molecule has 0 amide bonds. The van der Waals surface area contributed by atoms with E-state index in [4.69, 9.17) is 0 Å². The standard InChI is InChI=1S/C9H14N2O2S/c1-4-10-14(12,13)9-6-5-7(2)11-8(9)3/h5-6,10H,4H2,1-3H3. The Balaban J connectivity index is 3.20. The number of sulfonamides is 1. The predicted molar refractivity (Wildman–Crippen MR) is 54.6 cm³/mol. The summed E-state index contributed by atoms with van der Waals surface area (Å²) < 4.78 is 25.7. The number of aromatic nitrogens is 1. The SMILES string of the molecule is CCNS(=O)(=O)c1ccc(C)nc1C. The summed E-state index contributed by atoms with van der Waals surface area (Å²) in [5, 5.41) is 0. The molecule has 0 saturated carbocycles. The van der Waals surface area contributed by atoms with Crippen LogP contribution in [-0.4, -0.2) is 19.9 Å². The summed E-state index contributed by atoms with van der Waals surface area (Å²) in [6.07, 6.45) is 0. The van der Waals surface area contributed by atoms with E-state index in [0.717, 1.165) is 5.69 Å². The van der Waals surface area contributed by atoms with Gasteiger partial charge in [0.2, 0.25) is 10.0 Å². The van der Waals surface area contributed by atoms with Crippen molar-refractivity contribution < 1.29 is 8.42 Å². The van der Waals surface area contributed by atoms with Crippen LogP contribution in [0.1, 0.15) is 18.3 Å². The lowest BCUT2D eigenvalue weighted by molar-refractivity contribution is 0.582. The van der Waals surface area contributed by atoms with Crippen molar-refractivity contribution in [1.82, 2.24) is 9.71 Å². The fraction of sp³-hybridized carbons (Fsp3) is 0.444. The van der Waals surface area contributed by atoms with E-state index in [1.54, 1.807) is 26.0 Å². The smallest absolute Gasteiger partial charge is 0.242 e. The molecule has 0 unspecified atom stereocenters. The summed E-state index contributed by atoms with van der Waals surface area (Å²) in [5.74, 6) is 0. The van der Waals surface area contributed by atoms with Gasteiger partial charge in [0.15, 0.2) is 0 Å². The van der Waals surface area contributed by atoms with E-state index in [1.165, 1.54) is 0 Å². The molecule has 1 N–H and O–H groups in total. The molecule has 1 aromatic rings. The minimum absolute atomic E-state index is 0.255. The van der Waals surface area contributed by atoms with Gasteiger partial charge in [-0.2, -0.15) is 0 Å². The summed E-state index contributed by atoms with van der Waals surface area (Å²) in [4.78, 5) is 4.36. The monoisotopic (exact) mass is 214 g/mol. The van der Waals surface area contributed by atoms with Crippen LogP contribution in [0.5, 0.6) is 0 Å². The maximum atomic E-state index is 11.6. The molecule has 0 aliphatic carbocycles. The minimum Gasteiger partial charge on any atom is -0.257 e. The molecule has 78 valence electrons. The highest BCUT2D eigenvalue weighted by atomic mass is 32.2. The molecule has 14 heavy (non-hydrogen) atoms. The zero-order valence-corrected chi connectivity index (χ0v) is 9.35. The Morgan fingerprint density at radius 2 is 2.00 bits per heavy atom. The van der Waals surface area contributed by atoms with Crippen molar-refractivity contribution in [2.75, 3.05) is 6.54 Å². The largest absolute Gasteiger partial charge is 0.257 e. The fourth-order valence-corrected chi connectivity index (χ4v) is 2.44. The van der Waals surface area contributed by atoms with Gasteiger partial charge in [0, 0.05) is 12.2 Å². The third-order valence-electron chi connectivity index (χ3n) is 1.80. The van der Waals surface area contributed by atoms with Crippen LogP contribution in [-0.2, 0) is 10.0 Å². The first-order valence-corrected chi connectivity index (χ1v) is 5.89. The summed E-state index contributed by atoms with van der Waals surface area (Å²) in [7, 11) is -3.37. The summed E-state index contributed by atoms with van der Waals surface area (Å²) >= 11 is 0. The first-order valence-electron chi connectivity index (χ1n) is 4.41. The highest BCUT2D eigenvalue weighted by Gasteiger charge is 2.15. The zero-order chi connectivity index (χ0) is 10.8. The Morgan fingerprint density at radius 1 is 1.36 bits per heavy atom. The van der Waals surface area contributed by atoms with Crippen LogP contribution in [0.25, 0.3) is 0 Å². The van der Waals surface area contributed by atoms with Crippen LogP contribution < -0.4 is 4.72 Å². The van der Waals surface area contributed by atoms with E-state index < -0.39 is 10.0 Å². The molecule has 0 aliphatic heterocycles. The van der Waals surface area contributed by atoms with Crippen LogP contribution in [0.15, 0.2) is 17.0 Å². The van der Waals surface area contributed by atoms with Crippen LogP contribution in [0.2, 0.25) is 0 Å². The molecule has 1 aromatic heterocycles. The van der Waals surface area contributed by atoms with E-state index in [1.807, 2.05) is 6.92 Å². The number of rotatable bonds is 3. The van der Waals surface area contributed by atoms with Crippen molar-refractivity contribution in [2.24, 2.45) is 0 Å². The Labute approximate surface area is 84.4 Å². The minimum atomic E-state index is -3.37. The summed E-state index contributed by atoms with van der Waals surface area (Å²) in [6.45, 7) is 5.65. The maximum Gasteiger partial charge on any atom is 0.242 e. The second kappa shape index (κ2) is 4.06. The molecule has 1 rings (SSSR count). The Hall–Kier alpha value is -0.940. The third kappa shape index (κ3) is 2.30.